The zero-order chi connectivity index (χ0) is 16.7. The molecule has 1 atom stereocenters. The third-order valence-electron chi connectivity index (χ3n) is 5.17. The fourth-order valence-corrected chi connectivity index (χ4v) is 3.75. The number of aliphatic imine (C=N–C) groups is 1. The largest absolute Gasteiger partial charge is 0.356 e. The second-order valence-corrected chi connectivity index (χ2v) is 7.14. The average Bonchev–Trinajstić information content (AvgIpc) is 3.05. The normalized spacial score (nSPS) is 22.6. The molecule has 0 saturated heterocycles. The van der Waals surface area contributed by atoms with E-state index in [1.54, 1.807) is 11.9 Å². The van der Waals surface area contributed by atoms with E-state index in [1.807, 2.05) is 14.1 Å². The van der Waals surface area contributed by atoms with Gasteiger partial charge >= 0.3 is 0 Å². The van der Waals surface area contributed by atoms with E-state index in [4.69, 9.17) is 0 Å². The van der Waals surface area contributed by atoms with Gasteiger partial charge in [0, 0.05) is 34.2 Å². The topological polar surface area (TPSA) is 56.7 Å². The van der Waals surface area contributed by atoms with E-state index in [-0.39, 0.29) is 35.3 Å². The highest BCUT2D eigenvalue weighted by atomic mass is 127. The summed E-state index contributed by atoms with van der Waals surface area (Å²) < 4.78 is 0. The minimum absolute atomic E-state index is 0. The highest BCUT2D eigenvalue weighted by Gasteiger charge is 2.42. The van der Waals surface area contributed by atoms with Gasteiger partial charge in [-0.05, 0) is 38.0 Å². The van der Waals surface area contributed by atoms with E-state index in [0.29, 0.717) is 12.5 Å². The molecule has 0 aromatic heterocycles. The summed E-state index contributed by atoms with van der Waals surface area (Å²) in [5, 5.41) is 6.83. The van der Waals surface area contributed by atoms with Gasteiger partial charge in [0.25, 0.3) is 0 Å². The lowest BCUT2D eigenvalue weighted by Gasteiger charge is -2.31. The van der Waals surface area contributed by atoms with Gasteiger partial charge in [0.1, 0.15) is 0 Å². The van der Waals surface area contributed by atoms with Crippen LogP contribution in [0.5, 0.6) is 0 Å². The minimum atomic E-state index is -0.255. The van der Waals surface area contributed by atoms with Gasteiger partial charge in [0.05, 0.1) is 5.41 Å². The van der Waals surface area contributed by atoms with Crippen molar-refractivity contribution in [3.05, 3.63) is 12.2 Å². The molecule has 2 aliphatic rings. The van der Waals surface area contributed by atoms with E-state index in [2.05, 4.69) is 27.8 Å². The molecule has 1 saturated carbocycles. The molecular formula is C18H33IN4O. The maximum Gasteiger partial charge on any atom is 0.230 e. The standard InChI is InChI=1S/C18H32N4O.HI/c1-19-17(20-13-15-9-5-4-6-10-15)21-14-18(11-7-8-12-18)16(23)22(2)3;/h4-5,15H,6-14H2,1-3H3,(H2,19,20,21);1H. The smallest absolute Gasteiger partial charge is 0.230 e. The molecule has 1 amide bonds. The number of carbonyl (C=O) groups is 1. The molecule has 2 aliphatic carbocycles. The molecule has 0 radical (unpaired) electrons. The van der Waals surface area contributed by atoms with Crippen LogP contribution in [-0.2, 0) is 4.79 Å². The number of amides is 1. The first-order valence-electron chi connectivity index (χ1n) is 8.89. The van der Waals surface area contributed by atoms with E-state index in [9.17, 15) is 4.79 Å². The summed E-state index contributed by atoms with van der Waals surface area (Å²) in [6.45, 7) is 1.62. The fraction of sp³-hybridized carbons (Fsp3) is 0.778. The Balaban J connectivity index is 0.00000288. The number of guanidine groups is 1. The first-order chi connectivity index (χ1) is 11.1. The first kappa shape index (κ1) is 21.3. The van der Waals surface area contributed by atoms with Gasteiger partial charge in [-0.1, -0.05) is 25.0 Å². The molecule has 1 fully saturated rings. The minimum Gasteiger partial charge on any atom is -0.356 e. The van der Waals surface area contributed by atoms with Gasteiger partial charge in [0.2, 0.25) is 5.91 Å². The van der Waals surface area contributed by atoms with Crippen molar-refractivity contribution in [1.29, 1.82) is 0 Å². The number of allylic oxidation sites excluding steroid dienone is 2. The number of nitrogens with zero attached hydrogens (tertiary/aromatic N) is 2. The van der Waals surface area contributed by atoms with Crippen LogP contribution in [-0.4, -0.2) is 51.0 Å². The van der Waals surface area contributed by atoms with E-state index in [1.165, 1.54) is 12.8 Å². The molecule has 0 aromatic rings. The van der Waals surface area contributed by atoms with Crippen LogP contribution in [0.3, 0.4) is 0 Å². The summed E-state index contributed by atoms with van der Waals surface area (Å²) in [7, 11) is 5.50. The maximum absolute atomic E-state index is 12.6. The molecular weight excluding hydrogens is 415 g/mol. The summed E-state index contributed by atoms with van der Waals surface area (Å²) in [4.78, 5) is 18.6. The molecule has 6 heteroatoms. The highest BCUT2D eigenvalue weighted by Crippen LogP contribution is 2.38. The van der Waals surface area contributed by atoms with E-state index >= 15 is 0 Å². The Morgan fingerprint density at radius 2 is 1.96 bits per heavy atom. The van der Waals surface area contributed by atoms with Crippen molar-refractivity contribution in [2.45, 2.75) is 44.9 Å². The number of hydrogen-bond donors (Lipinski definition) is 2. The van der Waals surface area contributed by atoms with Crippen molar-refractivity contribution in [3.63, 3.8) is 0 Å². The summed E-state index contributed by atoms with van der Waals surface area (Å²) in [5.41, 5.74) is -0.255. The second-order valence-electron chi connectivity index (χ2n) is 7.14. The molecule has 0 aromatic carbocycles. The van der Waals surface area contributed by atoms with Crippen LogP contribution in [0.2, 0.25) is 0 Å². The van der Waals surface area contributed by atoms with Crippen molar-refractivity contribution in [2.24, 2.45) is 16.3 Å². The third-order valence-corrected chi connectivity index (χ3v) is 5.17. The zero-order valence-electron chi connectivity index (χ0n) is 15.3. The van der Waals surface area contributed by atoms with Crippen molar-refractivity contribution in [3.8, 4) is 0 Å². The zero-order valence-corrected chi connectivity index (χ0v) is 17.6. The number of carbonyl (C=O) groups excluding carboxylic acids is 1. The van der Waals surface area contributed by atoms with E-state index in [0.717, 1.165) is 44.6 Å². The summed E-state index contributed by atoms with van der Waals surface area (Å²) in [6.07, 6.45) is 12.3. The number of rotatable bonds is 5. The van der Waals surface area contributed by atoms with E-state index < -0.39 is 0 Å². The number of nitrogens with one attached hydrogen (secondary N) is 2. The van der Waals surface area contributed by atoms with Crippen molar-refractivity contribution >= 4 is 35.8 Å². The van der Waals surface area contributed by atoms with Crippen LogP contribution < -0.4 is 10.6 Å². The molecule has 0 aliphatic heterocycles. The SMILES string of the molecule is CN=C(NCC1CC=CCC1)NCC1(C(=O)N(C)C)CCCC1.I. The molecule has 0 heterocycles. The lowest BCUT2D eigenvalue weighted by atomic mass is 9.84. The Labute approximate surface area is 163 Å². The Morgan fingerprint density at radius 1 is 1.25 bits per heavy atom. The van der Waals surface area contributed by atoms with Crippen LogP contribution in [0.4, 0.5) is 0 Å². The van der Waals surface area contributed by atoms with Gasteiger partial charge in [-0.25, -0.2) is 0 Å². The van der Waals surface area contributed by atoms with Gasteiger partial charge in [-0.15, -0.1) is 24.0 Å². The monoisotopic (exact) mass is 448 g/mol. The average molecular weight is 448 g/mol. The predicted octanol–water partition coefficient (Wildman–Crippen LogP) is 2.77. The van der Waals surface area contributed by atoms with Crippen LogP contribution in [0.25, 0.3) is 0 Å². The van der Waals surface area contributed by atoms with Crippen LogP contribution >= 0.6 is 24.0 Å². The molecule has 138 valence electrons. The molecule has 0 bridgehead atoms. The Kier molecular flexibility index (Phi) is 9.08. The Hall–Kier alpha value is -0.790. The molecule has 0 spiro atoms. The highest BCUT2D eigenvalue weighted by molar-refractivity contribution is 14.0. The summed E-state index contributed by atoms with van der Waals surface area (Å²) in [5.74, 6) is 1.75. The van der Waals surface area contributed by atoms with Gasteiger partial charge in [-0.2, -0.15) is 0 Å². The second kappa shape index (κ2) is 10.3. The van der Waals surface area contributed by atoms with Gasteiger partial charge < -0.3 is 15.5 Å². The predicted molar refractivity (Wildman–Crippen MR) is 111 cm³/mol. The maximum atomic E-state index is 12.6. The van der Waals surface area contributed by atoms with Crippen molar-refractivity contribution < 1.29 is 4.79 Å². The third kappa shape index (κ3) is 5.63. The number of halogens is 1. The lowest BCUT2D eigenvalue weighted by Crippen LogP contribution is -2.49. The Bertz CT molecular complexity index is 456. The van der Waals surface area contributed by atoms with Crippen LogP contribution in [0.1, 0.15) is 44.9 Å². The molecule has 24 heavy (non-hydrogen) atoms. The Morgan fingerprint density at radius 3 is 2.50 bits per heavy atom. The van der Waals surface area contributed by atoms with Gasteiger partial charge in [0.15, 0.2) is 5.96 Å². The first-order valence-corrected chi connectivity index (χ1v) is 8.89. The van der Waals surface area contributed by atoms with Crippen LogP contribution in [0, 0.1) is 11.3 Å². The molecule has 1 unspecified atom stereocenters. The van der Waals surface area contributed by atoms with Crippen molar-refractivity contribution in [2.75, 3.05) is 34.2 Å². The lowest BCUT2D eigenvalue weighted by molar-refractivity contribution is -0.138. The summed E-state index contributed by atoms with van der Waals surface area (Å²) in [6, 6.07) is 0. The molecule has 2 rings (SSSR count). The number of hydrogen-bond acceptors (Lipinski definition) is 2. The molecule has 5 nitrogen and oxygen atoms in total. The van der Waals surface area contributed by atoms with Crippen molar-refractivity contribution in [1.82, 2.24) is 15.5 Å². The molecule has 2 N–H and O–H groups in total. The van der Waals surface area contributed by atoms with Crippen LogP contribution in [0.15, 0.2) is 17.1 Å². The summed E-state index contributed by atoms with van der Waals surface area (Å²) >= 11 is 0. The van der Waals surface area contributed by atoms with Gasteiger partial charge in [-0.3, -0.25) is 9.79 Å². The quantitative estimate of drug-likeness (QED) is 0.294. The fourth-order valence-electron chi connectivity index (χ4n) is 3.75.